The Bertz CT molecular complexity index is 159. The summed E-state index contributed by atoms with van der Waals surface area (Å²) in [4.78, 5) is 10.6. The zero-order chi connectivity index (χ0) is 10.6. The van der Waals surface area contributed by atoms with Crippen LogP contribution >= 0.6 is 0 Å². The second kappa shape index (κ2) is 10.5. The van der Waals surface area contributed by atoms with Crippen LogP contribution in [0.25, 0.3) is 0 Å². The topological polar surface area (TPSA) is 35.5 Å². The van der Waals surface area contributed by atoms with Gasteiger partial charge in [0.05, 0.1) is 6.61 Å². The third-order valence-electron chi connectivity index (χ3n) is 1.90. The largest absolute Gasteiger partial charge is 0.463 e. The van der Waals surface area contributed by atoms with E-state index >= 15 is 0 Å². The molecule has 82 valence electrons. The summed E-state index contributed by atoms with van der Waals surface area (Å²) in [6, 6.07) is 2.57. The molecule has 0 unspecified atom stereocenters. The molecule has 0 aromatic carbocycles. The van der Waals surface area contributed by atoms with Gasteiger partial charge in [0.1, 0.15) is 0 Å². The summed E-state index contributed by atoms with van der Waals surface area (Å²) in [5.74, 6) is -0.314. The van der Waals surface area contributed by atoms with Crippen LogP contribution < -0.4 is 0 Å². The molecule has 0 aromatic rings. The third-order valence-corrected chi connectivity index (χ3v) is 3.90. The first kappa shape index (κ1) is 13.4. The monoisotopic (exact) mass is 216 g/mol. The molecule has 0 bridgehead atoms. The molecule has 0 aliphatic carbocycles. The van der Waals surface area contributed by atoms with E-state index in [9.17, 15) is 4.79 Å². The van der Waals surface area contributed by atoms with Gasteiger partial charge in [-0.25, -0.2) is 4.79 Å². The third kappa shape index (κ3) is 9.47. The van der Waals surface area contributed by atoms with Gasteiger partial charge in [-0.2, -0.15) is 0 Å². The zero-order valence-corrected chi connectivity index (χ0v) is 10.4. The van der Waals surface area contributed by atoms with Crippen molar-refractivity contribution in [3.63, 3.8) is 0 Å². The highest BCUT2D eigenvalue weighted by atomic mass is 28.2. The highest BCUT2D eigenvalue weighted by Crippen LogP contribution is 1.97. The maximum Gasteiger partial charge on any atom is 0.330 e. The van der Waals surface area contributed by atoms with Gasteiger partial charge >= 0.3 is 5.97 Å². The molecule has 4 heteroatoms. The Kier molecular flexibility index (Phi) is 10.0. The van der Waals surface area contributed by atoms with Gasteiger partial charge < -0.3 is 9.47 Å². The summed E-state index contributed by atoms with van der Waals surface area (Å²) in [7, 11) is 1.78. The van der Waals surface area contributed by atoms with Crippen molar-refractivity contribution in [1.29, 1.82) is 0 Å². The normalized spacial score (nSPS) is 10.6. The average molecular weight is 216 g/mol. The lowest BCUT2D eigenvalue weighted by molar-refractivity contribution is -0.137. The van der Waals surface area contributed by atoms with Crippen molar-refractivity contribution in [3.8, 4) is 0 Å². The first-order valence-electron chi connectivity index (χ1n) is 5.09. The lowest BCUT2D eigenvalue weighted by atomic mass is 10.5. The predicted molar refractivity (Wildman–Crippen MR) is 60.4 cm³/mol. The standard InChI is InChI=1S/C10H20O3Si/c1-3-10(11)13-7-5-9-14-8-4-6-12-2/h3H,1,4-9,14H2,2H3. The van der Waals surface area contributed by atoms with Crippen LogP contribution in [0.15, 0.2) is 12.7 Å². The van der Waals surface area contributed by atoms with Crippen molar-refractivity contribution in [2.75, 3.05) is 20.3 Å². The van der Waals surface area contributed by atoms with E-state index < -0.39 is 0 Å². The van der Waals surface area contributed by atoms with Gasteiger partial charge in [-0.3, -0.25) is 0 Å². The van der Waals surface area contributed by atoms with Crippen molar-refractivity contribution in [2.24, 2.45) is 0 Å². The van der Waals surface area contributed by atoms with E-state index in [1.165, 1.54) is 24.6 Å². The molecule has 0 spiro atoms. The van der Waals surface area contributed by atoms with Gasteiger partial charge in [0.25, 0.3) is 0 Å². The van der Waals surface area contributed by atoms with Crippen LogP contribution in [-0.4, -0.2) is 35.8 Å². The summed E-state index contributed by atoms with van der Waals surface area (Å²) < 4.78 is 9.82. The smallest absolute Gasteiger partial charge is 0.330 e. The Morgan fingerprint density at radius 2 is 2.00 bits per heavy atom. The lowest BCUT2D eigenvalue weighted by Crippen LogP contribution is -2.03. The van der Waals surface area contributed by atoms with E-state index in [-0.39, 0.29) is 15.5 Å². The number of carbonyl (C=O) groups is 1. The molecule has 0 aliphatic rings. The Morgan fingerprint density at radius 1 is 1.36 bits per heavy atom. The van der Waals surface area contributed by atoms with Gasteiger partial charge in [-0.05, 0) is 12.8 Å². The zero-order valence-electron chi connectivity index (χ0n) is 8.96. The van der Waals surface area contributed by atoms with Gasteiger partial charge in [0.15, 0.2) is 0 Å². The Balaban J connectivity index is 2.99. The molecule has 0 rings (SSSR count). The van der Waals surface area contributed by atoms with Crippen LogP contribution in [0, 0.1) is 0 Å². The van der Waals surface area contributed by atoms with E-state index in [2.05, 4.69) is 6.58 Å². The van der Waals surface area contributed by atoms with Gasteiger partial charge in [-0.1, -0.05) is 18.7 Å². The second-order valence-corrected chi connectivity index (χ2v) is 5.25. The first-order valence-corrected chi connectivity index (χ1v) is 7.09. The summed E-state index contributed by atoms with van der Waals surface area (Å²) >= 11 is 0. The number of rotatable bonds is 9. The molecule has 0 amide bonds. The number of hydrogen-bond acceptors (Lipinski definition) is 3. The molecule has 0 saturated carbocycles. The quantitative estimate of drug-likeness (QED) is 0.251. The van der Waals surface area contributed by atoms with Crippen LogP contribution in [0.4, 0.5) is 0 Å². The minimum Gasteiger partial charge on any atom is -0.463 e. The number of ether oxygens (including phenoxy) is 2. The predicted octanol–water partition coefficient (Wildman–Crippen LogP) is 1.15. The number of methoxy groups -OCH3 is 1. The minimum absolute atomic E-state index is 0.0427. The molecule has 0 radical (unpaired) electrons. The van der Waals surface area contributed by atoms with Gasteiger partial charge in [0.2, 0.25) is 0 Å². The van der Waals surface area contributed by atoms with E-state index in [0.717, 1.165) is 13.0 Å². The van der Waals surface area contributed by atoms with Crippen molar-refractivity contribution in [3.05, 3.63) is 12.7 Å². The van der Waals surface area contributed by atoms with Crippen LogP contribution in [0.2, 0.25) is 12.1 Å². The SMILES string of the molecule is C=CC(=O)OCCC[SiH2]CCCOC. The minimum atomic E-state index is -0.314. The molecular weight excluding hydrogens is 196 g/mol. The number of esters is 1. The molecule has 0 N–H and O–H groups in total. The molecule has 14 heavy (non-hydrogen) atoms. The number of hydrogen-bond donors (Lipinski definition) is 0. The van der Waals surface area contributed by atoms with Crippen LogP contribution in [0.5, 0.6) is 0 Å². The fourth-order valence-corrected chi connectivity index (χ4v) is 2.58. The first-order chi connectivity index (χ1) is 6.81. The van der Waals surface area contributed by atoms with E-state index in [1.54, 1.807) is 7.11 Å². The summed E-state index contributed by atoms with van der Waals surface area (Å²) in [6.07, 6.45) is 3.38. The van der Waals surface area contributed by atoms with Crippen molar-refractivity contribution in [2.45, 2.75) is 24.9 Å². The molecule has 0 heterocycles. The molecule has 3 nitrogen and oxygen atoms in total. The van der Waals surface area contributed by atoms with E-state index in [4.69, 9.17) is 9.47 Å². The molecule has 0 aliphatic heterocycles. The Morgan fingerprint density at radius 3 is 2.57 bits per heavy atom. The summed E-state index contributed by atoms with van der Waals surface area (Å²) in [5, 5.41) is 0. The van der Waals surface area contributed by atoms with Crippen LogP contribution in [0.3, 0.4) is 0 Å². The fraction of sp³-hybridized carbons (Fsp3) is 0.700. The highest BCUT2D eigenvalue weighted by Gasteiger charge is 1.95. The maximum absolute atomic E-state index is 10.6. The molecule has 0 saturated heterocycles. The Hall–Kier alpha value is -0.613. The molecule has 0 aromatic heterocycles. The molecular formula is C10H20O3Si. The van der Waals surface area contributed by atoms with Gasteiger partial charge in [-0.15, -0.1) is 0 Å². The summed E-state index contributed by atoms with van der Waals surface area (Å²) in [6.45, 7) is 4.75. The fourth-order valence-electron chi connectivity index (χ4n) is 1.11. The molecule has 0 atom stereocenters. The van der Waals surface area contributed by atoms with Crippen LogP contribution in [-0.2, 0) is 14.3 Å². The molecule has 0 fully saturated rings. The van der Waals surface area contributed by atoms with Gasteiger partial charge in [0, 0.05) is 29.3 Å². The van der Waals surface area contributed by atoms with E-state index in [0.29, 0.717) is 6.61 Å². The second-order valence-electron chi connectivity index (χ2n) is 3.13. The van der Waals surface area contributed by atoms with E-state index in [1.807, 2.05) is 0 Å². The summed E-state index contributed by atoms with van der Waals surface area (Å²) in [5.41, 5.74) is 0. The Labute approximate surface area is 88.3 Å². The lowest BCUT2D eigenvalue weighted by Gasteiger charge is -2.01. The highest BCUT2D eigenvalue weighted by molar-refractivity contribution is 6.35. The van der Waals surface area contributed by atoms with Crippen molar-refractivity contribution in [1.82, 2.24) is 0 Å². The number of carbonyl (C=O) groups excluding carboxylic acids is 1. The van der Waals surface area contributed by atoms with Crippen LogP contribution in [0.1, 0.15) is 12.8 Å². The van der Waals surface area contributed by atoms with Crippen molar-refractivity contribution < 1.29 is 14.3 Å². The average Bonchev–Trinajstić information content (AvgIpc) is 2.21. The van der Waals surface area contributed by atoms with Crippen molar-refractivity contribution >= 4 is 15.5 Å². The maximum atomic E-state index is 10.6.